The first kappa shape index (κ1) is 31.2. The van der Waals surface area contributed by atoms with Crippen LogP contribution in [0.25, 0.3) is 66.1 Å². The zero-order chi connectivity index (χ0) is 36.3. The summed E-state index contributed by atoms with van der Waals surface area (Å²) in [5.41, 5.74) is 18.1. The quantitative estimate of drug-likeness (QED) is 0.182. The summed E-state index contributed by atoms with van der Waals surface area (Å²) >= 11 is 0. The third-order valence-corrected chi connectivity index (χ3v) is 12.4. The van der Waals surface area contributed by atoms with Crippen LogP contribution >= 0.6 is 0 Å². The van der Waals surface area contributed by atoms with Gasteiger partial charge >= 0.3 is 0 Å². The minimum Gasteiger partial charge on any atom is -0.454 e. The van der Waals surface area contributed by atoms with Crippen molar-refractivity contribution in [2.24, 2.45) is 0 Å². The van der Waals surface area contributed by atoms with E-state index in [0.717, 1.165) is 44.6 Å². The molecule has 0 unspecified atom stereocenters. The molecule has 9 aromatic rings. The van der Waals surface area contributed by atoms with Gasteiger partial charge in [0.2, 0.25) is 0 Å². The van der Waals surface area contributed by atoms with Crippen LogP contribution in [0.5, 0.6) is 0 Å². The largest absolute Gasteiger partial charge is 0.454 e. The highest BCUT2D eigenvalue weighted by molar-refractivity contribution is 6.15. The highest BCUT2D eigenvalue weighted by Gasteiger charge is 2.44. The van der Waals surface area contributed by atoms with Crippen LogP contribution in [0, 0.1) is 0 Å². The number of para-hydroxylation sites is 3. The Balaban J connectivity index is 1.22. The van der Waals surface area contributed by atoms with Gasteiger partial charge in [-0.1, -0.05) is 167 Å². The predicted octanol–water partition coefficient (Wildman–Crippen LogP) is 14.5. The summed E-state index contributed by atoms with van der Waals surface area (Å²) in [4.78, 5) is 2.45. The molecule has 2 aliphatic carbocycles. The molecule has 0 aliphatic heterocycles. The third-order valence-electron chi connectivity index (χ3n) is 12.4. The fraction of sp³-hybridized carbons (Fsp3) is 0.115. The normalized spacial score (nSPS) is 14.6. The molecule has 0 amide bonds. The molecule has 8 aromatic carbocycles. The van der Waals surface area contributed by atoms with Crippen LogP contribution < -0.4 is 4.90 Å². The first-order valence-corrected chi connectivity index (χ1v) is 19.0. The zero-order valence-electron chi connectivity index (χ0n) is 30.9. The summed E-state index contributed by atoms with van der Waals surface area (Å²) in [6.07, 6.45) is 0. The van der Waals surface area contributed by atoms with E-state index in [-0.39, 0.29) is 10.8 Å². The van der Waals surface area contributed by atoms with E-state index in [0.29, 0.717) is 0 Å². The maximum Gasteiger partial charge on any atom is 0.159 e. The van der Waals surface area contributed by atoms with Crippen molar-refractivity contribution in [1.29, 1.82) is 0 Å². The van der Waals surface area contributed by atoms with Gasteiger partial charge in [-0.2, -0.15) is 0 Å². The van der Waals surface area contributed by atoms with Crippen molar-refractivity contribution >= 4 is 49.8 Å². The van der Waals surface area contributed by atoms with E-state index in [1.54, 1.807) is 0 Å². The molecule has 258 valence electrons. The number of furan rings is 1. The SMILES string of the molecule is CC1(C)c2ccccc2-c2ccc3c(c21)C(C)(C)c1cccc2c(N(c4ccccc4-c4ccccc4)c4cccc5c4oc4ccccc45)ccc-3c12. The van der Waals surface area contributed by atoms with Gasteiger partial charge in [0.1, 0.15) is 5.58 Å². The van der Waals surface area contributed by atoms with Crippen molar-refractivity contribution in [3.05, 3.63) is 186 Å². The van der Waals surface area contributed by atoms with E-state index in [1.807, 2.05) is 6.07 Å². The Bertz CT molecular complexity index is 3000. The van der Waals surface area contributed by atoms with Gasteiger partial charge in [-0.15, -0.1) is 0 Å². The molecule has 1 heterocycles. The van der Waals surface area contributed by atoms with Gasteiger partial charge in [0.15, 0.2) is 5.58 Å². The Morgan fingerprint density at radius 2 is 0.963 bits per heavy atom. The van der Waals surface area contributed by atoms with Crippen molar-refractivity contribution in [2.75, 3.05) is 4.90 Å². The minimum absolute atomic E-state index is 0.108. The lowest BCUT2D eigenvalue weighted by atomic mass is 9.63. The Labute approximate surface area is 315 Å². The minimum atomic E-state index is -0.239. The summed E-state index contributed by atoms with van der Waals surface area (Å²) in [6, 6.07) is 59.9. The number of anilines is 3. The van der Waals surface area contributed by atoms with Gasteiger partial charge < -0.3 is 9.32 Å². The van der Waals surface area contributed by atoms with Crippen molar-refractivity contribution < 1.29 is 4.42 Å². The molecule has 0 saturated heterocycles. The van der Waals surface area contributed by atoms with Crippen LogP contribution in [0.4, 0.5) is 17.1 Å². The van der Waals surface area contributed by atoms with E-state index >= 15 is 0 Å². The van der Waals surface area contributed by atoms with E-state index in [1.165, 1.54) is 60.8 Å². The first-order chi connectivity index (χ1) is 26.3. The number of nitrogens with zero attached hydrogens (tertiary/aromatic N) is 1. The molecular formula is C52H39NO. The van der Waals surface area contributed by atoms with Crippen LogP contribution in [0.3, 0.4) is 0 Å². The number of hydrogen-bond acceptors (Lipinski definition) is 2. The van der Waals surface area contributed by atoms with Gasteiger partial charge in [0.05, 0.1) is 17.1 Å². The lowest BCUT2D eigenvalue weighted by Gasteiger charge is -2.40. The molecule has 1 aromatic heterocycles. The number of fused-ring (bicyclic) bond motifs is 9. The molecule has 54 heavy (non-hydrogen) atoms. The first-order valence-electron chi connectivity index (χ1n) is 19.0. The van der Waals surface area contributed by atoms with Gasteiger partial charge in [-0.05, 0) is 79.7 Å². The number of benzene rings is 8. The van der Waals surface area contributed by atoms with Crippen molar-refractivity contribution in [3.8, 4) is 33.4 Å². The molecule has 0 radical (unpaired) electrons. The fourth-order valence-electron chi connectivity index (χ4n) is 10.0. The Morgan fingerprint density at radius 3 is 1.80 bits per heavy atom. The second-order valence-electron chi connectivity index (χ2n) is 16.0. The maximum absolute atomic E-state index is 6.77. The second-order valence-corrected chi connectivity index (χ2v) is 16.0. The summed E-state index contributed by atoms with van der Waals surface area (Å²) in [7, 11) is 0. The van der Waals surface area contributed by atoms with Gasteiger partial charge in [0.25, 0.3) is 0 Å². The predicted molar refractivity (Wildman–Crippen MR) is 226 cm³/mol. The van der Waals surface area contributed by atoms with Crippen LogP contribution in [0.1, 0.15) is 49.9 Å². The Morgan fingerprint density at radius 1 is 0.389 bits per heavy atom. The maximum atomic E-state index is 6.77. The fourth-order valence-corrected chi connectivity index (χ4v) is 10.0. The molecule has 0 N–H and O–H groups in total. The Hall–Kier alpha value is -6.38. The Kier molecular flexibility index (Phi) is 6.39. The van der Waals surface area contributed by atoms with Gasteiger partial charge in [-0.25, -0.2) is 0 Å². The molecule has 2 nitrogen and oxygen atoms in total. The van der Waals surface area contributed by atoms with Crippen molar-refractivity contribution in [1.82, 2.24) is 0 Å². The average Bonchev–Trinajstić information content (AvgIpc) is 3.70. The highest BCUT2D eigenvalue weighted by atomic mass is 16.3. The molecule has 2 aliphatic rings. The monoisotopic (exact) mass is 693 g/mol. The van der Waals surface area contributed by atoms with E-state index in [2.05, 4.69) is 190 Å². The number of rotatable bonds is 4. The molecule has 0 spiro atoms. The highest BCUT2D eigenvalue weighted by Crippen LogP contribution is 2.59. The van der Waals surface area contributed by atoms with Crippen LogP contribution in [-0.2, 0) is 10.8 Å². The average molecular weight is 694 g/mol. The summed E-state index contributed by atoms with van der Waals surface area (Å²) in [6.45, 7) is 9.70. The van der Waals surface area contributed by atoms with E-state index in [9.17, 15) is 0 Å². The topological polar surface area (TPSA) is 16.4 Å². The molecule has 0 bridgehead atoms. The molecule has 11 rings (SSSR count). The smallest absolute Gasteiger partial charge is 0.159 e. The van der Waals surface area contributed by atoms with Gasteiger partial charge in [0, 0.05) is 32.6 Å². The molecule has 0 saturated carbocycles. The molecular weight excluding hydrogens is 655 g/mol. The van der Waals surface area contributed by atoms with Crippen LogP contribution in [0.15, 0.2) is 168 Å². The second kappa shape index (κ2) is 11.1. The number of hydrogen-bond donors (Lipinski definition) is 0. The summed E-state index contributed by atoms with van der Waals surface area (Å²) in [5.74, 6) is 0. The van der Waals surface area contributed by atoms with Crippen molar-refractivity contribution in [3.63, 3.8) is 0 Å². The molecule has 0 atom stereocenters. The van der Waals surface area contributed by atoms with Crippen LogP contribution in [-0.4, -0.2) is 0 Å². The van der Waals surface area contributed by atoms with E-state index in [4.69, 9.17) is 4.42 Å². The lowest BCUT2D eigenvalue weighted by Crippen LogP contribution is -2.29. The summed E-state index contributed by atoms with van der Waals surface area (Å²) in [5, 5.41) is 4.78. The third kappa shape index (κ3) is 4.11. The zero-order valence-corrected chi connectivity index (χ0v) is 30.9. The standard InChI is InChI=1S/C52H39NO/c1-51(2)41-23-11-8-19-34(41)37-28-29-38-36-30-31-44(40-22-14-24-42(47(36)40)52(3,4)49(38)48(37)51)53(43-25-12-9-18-33(43)32-16-6-5-7-17-32)45-26-15-21-39-35-20-10-13-27-46(35)54-50(39)45/h5-31H,1-4H3. The molecule has 0 fully saturated rings. The van der Waals surface area contributed by atoms with Crippen LogP contribution in [0.2, 0.25) is 0 Å². The van der Waals surface area contributed by atoms with Gasteiger partial charge in [-0.3, -0.25) is 0 Å². The van der Waals surface area contributed by atoms with E-state index < -0.39 is 0 Å². The van der Waals surface area contributed by atoms with Crippen molar-refractivity contribution in [2.45, 2.75) is 38.5 Å². The summed E-state index contributed by atoms with van der Waals surface area (Å²) < 4.78 is 6.77. The molecule has 2 heteroatoms. The lowest BCUT2D eigenvalue weighted by molar-refractivity contribution is 0.591.